The second-order valence-corrected chi connectivity index (χ2v) is 6.74. The first-order valence-corrected chi connectivity index (χ1v) is 9.36. The fourth-order valence-electron chi connectivity index (χ4n) is 3.62. The first-order valence-electron chi connectivity index (χ1n) is 9.36. The molecule has 0 atom stereocenters. The second kappa shape index (κ2) is 7.25. The molecule has 0 radical (unpaired) electrons. The predicted molar refractivity (Wildman–Crippen MR) is 102 cm³/mol. The number of aromatic nitrogens is 3. The molecular weight excluding hydrogens is 312 g/mol. The van der Waals surface area contributed by atoms with Crippen LogP contribution in [0.25, 0.3) is 0 Å². The molecule has 2 aromatic rings. The van der Waals surface area contributed by atoms with Crippen LogP contribution in [-0.2, 0) is 6.42 Å². The highest BCUT2D eigenvalue weighted by Gasteiger charge is 2.21. The van der Waals surface area contributed by atoms with Crippen molar-refractivity contribution in [2.75, 3.05) is 54.0 Å². The van der Waals surface area contributed by atoms with Crippen molar-refractivity contribution in [3.8, 4) is 0 Å². The van der Waals surface area contributed by atoms with Crippen molar-refractivity contribution in [2.24, 2.45) is 0 Å². The van der Waals surface area contributed by atoms with Crippen LogP contribution >= 0.6 is 0 Å². The fraction of sp³-hybridized carbons (Fsp3) is 0.526. The fourth-order valence-corrected chi connectivity index (χ4v) is 3.62. The maximum Gasteiger partial charge on any atom is 0.227 e. The lowest BCUT2D eigenvalue weighted by molar-refractivity contribution is 0.645. The number of piperazine rings is 1. The van der Waals surface area contributed by atoms with Crippen molar-refractivity contribution >= 4 is 17.5 Å². The first kappa shape index (κ1) is 16.1. The van der Waals surface area contributed by atoms with Gasteiger partial charge < -0.3 is 14.7 Å². The molecule has 0 N–H and O–H groups in total. The van der Waals surface area contributed by atoms with Crippen LogP contribution in [0.4, 0.5) is 17.5 Å². The third kappa shape index (κ3) is 3.52. The first-order chi connectivity index (χ1) is 12.3. The quantitative estimate of drug-likeness (QED) is 0.853. The summed E-state index contributed by atoms with van der Waals surface area (Å²) in [5, 5.41) is 0. The molecule has 2 fully saturated rings. The Bertz CT molecular complexity index is 690. The summed E-state index contributed by atoms with van der Waals surface area (Å²) in [4.78, 5) is 20.9. The van der Waals surface area contributed by atoms with Gasteiger partial charge in [0.2, 0.25) is 5.95 Å². The van der Waals surface area contributed by atoms with Crippen molar-refractivity contribution in [3.05, 3.63) is 36.3 Å². The molecule has 6 heteroatoms. The van der Waals surface area contributed by atoms with Gasteiger partial charge in [0.05, 0.1) is 0 Å². The van der Waals surface area contributed by atoms with E-state index in [0.717, 1.165) is 63.1 Å². The molecule has 2 saturated heterocycles. The highest BCUT2D eigenvalue weighted by molar-refractivity contribution is 5.50. The number of hydrogen-bond acceptors (Lipinski definition) is 6. The molecule has 2 aromatic heterocycles. The van der Waals surface area contributed by atoms with Crippen LogP contribution < -0.4 is 14.7 Å². The average Bonchev–Trinajstić information content (AvgIpc) is 3.23. The van der Waals surface area contributed by atoms with Crippen molar-refractivity contribution in [2.45, 2.75) is 26.2 Å². The highest BCUT2D eigenvalue weighted by Crippen LogP contribution is 2.23. The monoisotopic (exact) mass is 338 g/mol. The van der Waals surface area contributed by atoms with Gasteiger partial charge in [-0.2, -0.15) is 4.98 Å². The van der Waals surface area contributed by atoms with Gasteiger partial charge in [0.25, 0.3) is 0 Å². The number of anilines is 3. The molecule has 0 aromatic carbocycles. The highest BCUT2D eigenvalue weighted by atomic mass is 15.3. The molecule has 0 amide bonds. The standard InChI is InChI=1S/C19H26N6/c1-2-16-15-18(22-19(21-16)25-9-3-4-10-25)24-13-11-23(12-14-24)17-5-7-20-8-6-17/h5-8,15H,2-4,9-14H2,1H3. The Balaban J connectivity index is 1.49. The van der Waals surface area contributed by atoms with Crippen LogP contribution in [0.2, 0.25) is 0 Å². The molecule has 6 nitrogen and oxygen atoms in total. The van der Waals surface area contributed by atoms with Crippen LogP contribution in [0.1, 0.15) is 25.5 Å². The van der Waals surface area contributed by atoms with Gasteiger partial charge >= 0.3 is 0 Å². The van der Waals surface area contributed by atoms with Gasteiger partial charge in [0, 0.05) is 69.1 Å². The summed E-state index contributed by atoms with van der Waals surface area (Å²) in [6.45, 7) is 8.33. The molecule has 0 saturated carbocycles. The van der Waals surface area contributed by atoms with Gasteiger partial charge in [-0.3, -0.25) is 4.98 Å². The maximum atomic E-state index is 4.90. The van der Waals surface area contributed by atoms with Gasteiger partial charge in [-0.05, 0) is 31.4 Å². The molecule has 4 heterocycles. The van der Waals surface area contributed by atoms with Gasteiger partial charge in [0.15, 0.2) is 0 Å². The van der Waals surface area contributed by atoms with Crippen LogP contribution in [0.3, 0.4) is 0 Å². The van der Waals surface area contributed by atoms with E-state index >= 15 is 0 Å². The Morgan fingerprint density at radius 2 is 1.52 bits per heavy atom. The van der Waals surface area contributed by atoms with Crippen molar-refractivity contribution < 1.29 is 0 Å². The lowest BCUT2D eigenvalue weighted by Crippen LogP contribution is -2.47. The molecular formula is C19H26N6. The van der Waals surface area contributed by atoms with Gasteiger partial charge in [-0.1, -0.05) is 6.92 Å². The third-order valence-corrected chi connectivity index (χ3v) is 5.14. The lowest BCUT2D eigenvalue weighted by atomic mass is 10.2. The zero-order chi connectivity index (χ0) is 17.1. The molecule has 2 aliphatic heterocycles. The van der Waals surface area contributed by atoms with Gasteiger partial charge in [0.1, 0.15) is 5.82 Å². The van der Waals surface area contributed by atoms with E-state index in [1.807, 2.05) is 12.4 Å². The Kier molecular flexibility index (Phi) is 4.68. The smallest absolute Gasteiger partial charge is 0.227 e. The number of aryl methyl sites for hydroxylation is 1. The lowest BCUT2D eigenvalue weighted by Gasteiger charge is -2.37. The van der Waals surface area contributed by atoms with Gasteiger partial charge in [-0.25, -0.2) is 4.98 Å². The van der Waals surface area contributed by atoms with Crippen LogP contribution in [0.5, 0.6) is 0 Å². The summed E-state index contributed by atoms with van der Waals surface area (Å²) in [7, 11) is 0. The summed E-state index contributed by atoms with van der Waals surface area (Å²) in [5.41, 5.74) is 2.40. The molecule has 0 spiro atoms. The molecule has 0 aliphatic carbocycles. The topological polar surface area (TPSA) is 48.4 Å². The van der Waals surface area contributed by atoms with E-state index in [9.17, 15) is 0 Å². The molecule has 0 bridgehead atoms. The van der Waals surface area contributed by atoms with Crippen molar-refractivity contribution in [1.82, 2.24) is 15.0 Å². The van der Waals surface area contributed by atoms with Crippen LogP contribution in [0, 0.1) is 0 Å². The van der Waals surface area contributed by atoms with E-state index < -0.39 is 0 Å². The zero-order valence-electron chi connectivity index (χ0n) is 14.9. The molecule has 4 rings (SSSR count). The van der Waals surface area contributed by atoms with Crippen LogP contribution in [-0.4, -0.2) is 54.2 Å². The predicted octanol–water partition coefficient (Wildman–Crippen LogP) is 2.36. The minimum atomic E-state index is 0.920. The Labute approximate surface area is 149 Å². The molecule has 132 valence electrons. The summed E-state index contributed by atoms with van der Waals surface area (Å²) < 4.78 is 0. The van der Waals surface area contributed by atoms with Gasteiger partial charge in [-0.15, -0.1) is 0 Å². The Morgan fingerprint density at radius 1 is 0.840 bits per heavy atom. The Hall–Kier alpha value is -2.37. The van der Waals surface area contributed by atoms with E-state index in [0.29, 0.717) is 0 Å². The van der Waals surface area contributed by atoms with Crippen LogP contribution in [0.15, 0.2) is 30.6 Å². The minimum Gasteiger partial charge on any atom is -0.368 e. The summed E-state index contributed by atoms with van der Waals surface area (Å²) in [5.74, 6) is 2.01. The summed E-state index contributed by atoms with van der Waals surface area (Å²) >= 11 is 0. The maximum absolute atomic E-state index is 4.90. The number of hydrogen-bond donors (Lipinski definition) is 0. The van der Waals surface area contributed by atoms with Crippen molar-refractivity contribution in [3.63, 3.8) is 0 Å². The van der Waals surface area contributed by atoms with E-state index in [-0.39, 0.29) is 0 Å². The molecule has 2 aliphatic rings. The average molecular weight is 338 g/mol. The van der Waals surface area contributed by atoms with E-state index in [2.05, 4.69) is 44.8 Å². The minimum absolute atomic E-state index is 0.920. The number of nitrogens with zero attached hydrogens (tertiary/aromatic N) is 6. The second-order valence-electron chi connectivity index (χ2n) is 6.74. The number of rotatable bonds is 4. The van der Waals surface area contributed by atoms with E-state index in [1.54, 1.807) is 0 Å². The third-order valence-electron chi connectivity index (χ3n) is 5.14. The largest absolute Gasteiger partial charge is 0.368 e. The zero-order valence-corrected chi connectivity index (χ0v) is 14.9. The van der Waals surface area contributed by atoms with E-state index in [1.165, 1.54) is 18.5 Å². The molecule has 25 heavy (non-hydrogen) atoms. The normalized spacial score (nSPS) is 18.0. The number of pyridine rings is 1. The Morgan fingerprint density at radius 3 is 2.20 bits per heavy atom. The van der Waals surface area contributed by atoms with E-state index in [4.69, 9.17) is 9.97 Å². The SMILES string of the molecule is CCc1cc(N2CCN(c3ccncc3)CC2)nc(N2CCCC2)n1. The molecule has 0 unspecified atom stereocenters. The summed E-state index contributed by atoms with van der Waals surface area (Å²) in [6.07, 6.45) is 7.18. The summed E-state index contributed by atoms with van der Waals surface area (Å²) in [6, 6.07) is 6.34. The van der Waals surface area contributed by atoms with Crippen molar-refractivity contribution in [1.29, 1.82) is 0 Å².